The molecule has 28 heavy (non-hydrogen) atoms. The van der Waals surface area contributed by atoms with E-state index in [9.17, 15) is 9.90 Å². The van der Waals surface area contributed by atoms with Crippen LogP contribution in [0, 0.1) is 20.8 Å². The number of ether oxygens (including phenoxy) is 1. The van der Waals surface area contributed by atoms with Gasteiger partial charge in [0.05, 0.1) is 19.2 Å². The van der Waals surface area contributed by atoms with Gasteiger partial charge in [0, 0.05) is 30.0 Å². The van der Waals surface area contributed by atoms with Crippen LogP contribution >= 0.6 is 0 Å². The van der Waals surface area contributed by atoms with Crippen molar-refractivity contribution in [3.63, 3.8) is 0 Å². The highest BCUT2D eigenvalue weighted by atomic mass is 16.5. The van der Waals surface area contributed by atoms with Crippen LogP contribution in [0.3, 0.4) is 0 Å². The van der Waals surface area contributed by atoms with Gasteiger partial charge in [0.2, 0.25) is 0 Å². The van der Waals surface area contributed by atoms with Gasteiger partial charge >= 0.3 is 5.97 Å². The molecule has 0 unspecified atom stereocenters. The Hall–Kier alpha value is -2.99. The third-order valence-corrected chi connectivity index (χ3v) is 5.00. The van der Waals surface area contributed by atoms with Gasteiger partial charge in [-0.15, -0.1) is 0 Å². The fourth-order valence-electron chi connectivity index (χ4n) is 3.53. The number of carbonyl (C=O) groups is 1. The Morgan fingerprint density at radius 3 is 2.57 bits per heavy atom. The van der Waals surface area contributed by atoms with E-state index in [0.717, 1.165) is 39.8 Å². The Balaban J connectivity index is 1.85. The highest BCUT2D eigenvalue weighted by Gasteiger charge is 2.22. The molecule has 0 amide bonds. The van der Waals surface area contributed by atoms with Crippen LogP contribution < -0.4 is 10.1 Å². The van der Waals surface area contributed by atoms with Gasteiger partial charge in [-0.05, 0) is 50.6 Å². The fourth-order valence-corrected chi connectivity index (χ4v) is 3.53. The van der Waals surface area contributed by atoms with Gasteiger partial charge in [-0.25, -0.2) is 4.79 Å². The van der Waals surface area contributed by atoms with Crippen molar-refractivity contribution in [2.75, 3.05) is 7.11 Å². The first-order valence-corrected chi connectivity index (χ1v) is 9.21. The Kier molecular flexibility index (Phi) is 5.90. The highest BCUT2D eigenvalue weighted by Crippen LogP contribution is 2.25. The van der Waals surface area contributed by atoms with Crippen LogP contribution in [0.15, 0.2) is 40.8 Å². The van der Waals surface area contributed by atoms with Crippen LogP contribution in [0.5, 0.6) is 5.75 Å². The quantitative estimate of drug-likeness (QED) is 0.615. The topological polar surface area (TPSA) is 76.6 Å². The number of furan rings is 1. The van der Waals surface area contributed by atoms with Crippen LogP contribution in [0.1, 0.15) is 44.4 Å². The Morgan fingerprint density at radius 2 is 1.93 bits per heavy atom. The standard InChI is InChI=1S/C22H26N2O4/c1-14-8-9-19(28-14)11-23-12-20-15(2)24(16(3)21(20)22(25)26)13-17-6-5-7-18(10-17)27-4/h5-10,23H,11-13H2,1-4H3,(H,25,26). The van der Waals surface area contributed by atoms with Crippen LogP contribution in [0.4, 0.5) is 0 Å². The molecule has 0 radical (unpaired) electrons. The smallest absolute Gasteiger partial charge is 0.337 e. The second-order valence-electron chi connectivity index (χ2n) is 6.88. The van der Waals surface area contributed by atoms with E-state index in [1.54, 1.807) is 7.11 Å². The number of aromatic carboxylic acids is 1. The molecular weight excluding hydrogens is 356 g/mol. The molecule has 3 rings (SSSR count). The number of aryl methyl sites for hydroxylation is 1. The number of nitrogens with zero attached hydrogens (tertiary/aromatic N) is 1. The average Bonchev–Trinajstić information content (AvgIpc) is 3.18. The number of nitrogens with one attached hydrogen (secondary N) is 1. The summed E-state index contributed by atoms with van der Waals surface area (Å²) in [6, 6.07) is 11.7. The van der Waals surface area contributed by atoms with Crippen molar-refractivity contribution in [3.8, 4) is 5.75 Å². The molecular formula is C22H26N2O4. The largest absolute Gasteiger partial charge is 0.497 e. The first-order chi connectivity index (χ1) is 13.4. The van der Waals surface area contributed by atoms with Crippen molar-refractivity contribution in [2.45, 2.75) is 40.4 Å². The van der Waals surface area contributed by atoms with Gasteiger partial charge in [0.25, 0.3) is 0 Å². The lowest BCUT2D eigenvalue weighted by molar-refractivity contribution is 0.0694. The minimum absolute atomic E-state index is 0.364. The number of rotatable bonds is 8. The van der Waals surface area contributed by atoms with E-state index in [0.29, 0.717) is 25.2 Å². The predicted octanol–water partition coefficient (Wildman–Crippen LogP) is 4.05. The van der Waals surface area contributed by atoms with E-state index < -0.39 is 5.97 Å². The Bertz CT molecular complexity index is 985. The normalized spacial score (nSPS) is 11.0. The summed E-state index contributed by atoms with van der Waals surface area (Å²) in [6.07, 6.45) is 0. The van der Waals surface area contributed by atoms with E-state index in [1.807, 2.05) is 61.7 Å². The van der Waals surface area contributed by atoms with Gasteiger partial charge in [-0.1, -0.05) is 12.1 Å². The molecule has 0 fully saturated rings. The maximum Gasteiger partial charge on any atom is 0.337 e. The van der Waals surface area contributed by atoms with Crippen molar-refractivity contribution in [1.82, 2.24) is 9.88 Å². The first kappa shape index (κ1) is 19.8. The number of hydrogen-bond donors (Lipinski definition) is 2. The lowest BCUT2D eigenvalue weighted by Crippen LogP contribution is -2.15. The summed E-state index contributed by atoms with van der Waals surface area (Å²) in [5, 5.41) is 13.1. The second kappa shape index (κ2) is 8.35. The zero-order chi connectivity index (χ0) is 20.3. The molecule has 0 aliphatic rings. The molecule has 0 saturated carbocycles. The van der Waals surface area contributed by atoms with Crippen molar-refractivity contribution < 1.29 is 19.1 Å². The number of aromatic nitrogens is 1. The summed E-state index contributed by atoms with van der Waals surface area (Å²) in [5.74, 6) is 1.57. The molecule has 2 aromatic heterocycles. The molecule has 6 heteroatoms. The minimum Gasteiger partial charge on any atom is -0.497 e. The number of benzene rings is 1. The van der Waals surface area contributed by atoms with Crippen molar-refractivity contribution in [1.29, 1.82) is 0 Å². The van der Waals surface area contributed by atoms with Gasteiger partial charge in [-0.2, -0.15) is 0 Å². The van der Waals surface area contributed by atoms with E-state index in [-0.39, 0.29) is 0 Å². The SMILES string of the molecule is COc1cccc(Cn2c(C)c(CNCc3ccc(C)o3)c(C(=O)O)c2C)c1. The third kappa shape index (κ3) is 4.12. The van der Waals surface area contributed by atoms with E-state index in [2.05, 4.69) is 5.32 Å². The van der Waals surface area contributed by atoms with Crippen molar-refractivity contribution >= 4 is 5.97 Å². The summed E-state index contributed by atoms with van der Waals surface area (Å²) >= 11 is 0. The molecule has 0 bridgehead atoms. The summed E-state index contributed by atoms with van der Waals surface area (Å²) in [5.41, 5.74) is 3.92. The number of hydrogen-bond acceptors (Lipinski definition) is 4. The number of methoxy groups -OCH3 is 1. The van der Waals surface area contributed by atoms with Crippen LogP contribution in [-0.2, 0) is 19.6 Å². The molecule has 2 N–H and O–H groups in total. The van der Waals surface area contributed by atoms with Crippen molar-refractivity contribution in [2.24, 2.45) is 0 Å². The van der Waals surface area contributed by atoms with Crippen LogP contribution in [0.2, 0.25) is 0 Å². The maximum absolute atomic E-state index is 11.9. The first-order valence-electron chi connectivity index (χ1n) is 9.21. The van der Waals surface area contributed by atoms with Crippen LogP contribution in [-0.4, -0.2) is 22.8 Å². The molecule has 1 aromatic carbocycles. The highest BCUT2D eigenvalue weighted by molar-refractivity contribution is 5.91. The third-order valence-electron chi connectivity index (χ3n) is 5.00. The van der Waals surface area contributed by atoms with E-state index >= 15 is 0 Å². The number of carboxylic acids is 1. The summed E-state index contributed by atoms with van der Waals surface area (Å²) in [7, 11) is 1.64. The molecule has 0 spiro atoms. The monoisotopic (exact) mass is 382 g/mol. The number of carboxylic acid groups (broad SMARTS) is 1. The molecule has 0 aliphatic heterocycles. The van der Waals surface area contributed by atoms with Crippen molar-refractivity contribution in [3.05, 3.63) is 76.0 Å². The molecule has 148 valence electrons. The summed E-state index contributed by atoms with van der Waals surface area (Å²) < 4.78 is 12.9. The fraction of sp³-hybridized carbons (Fsp3) is 0.318. The van der Waals surface area contributed by atoms with Gasteiger partial charge in [0.1, 0.15) is 17.3 Å². The molecule has 0 atom stereocenters. The predicted molar refractivity (Wildman–Crippen MR) is 107 cm³/mol. The van der Waals surface area contributed by atoms with Gasteiger partial charge < -0.3 is 24.1 Å². The summed E-state index contributed by atoms with van der Waals surface area (Å²) in [6.45, 7) is 7.32. The minimum atomic E-state index is -0.907. The van der Waals surface area contributed by atoms with Crippen LogP contribution in [0.25, 0.3) is 0 Å². The van der Waals surface area contributed by atoms with E-state index in [1.165, 1.54) is 0 Å². The lowest BCUT2D eigenvalue weighted by atomic mass is 10.1. The average molecular weight is 382 g/mol. The Labute approximate surface area is 164 Å². The lowest BCUT2D eigenvalue weighted by Gasteiger charge is -2.11. The molecule has 0 aliphatic carbocycles. The van der Waals surface area contributed by atoms with E-state index in [4.69, 9.17) is 9.15 Å². The van der Waals surface area contributed by atoms with Gasteiger partial charge in [0.15, 0.2) is 0 Å². The summed E-state index contributed by atoms with van der Waals surface area (Å²) in [4.78, 5) is 11.9. The maximum atomic E-state index is 11.9. The zero-order valence-electron chi connectivity index (χ0n) is 16.7. The molecule has 6 nitrogen and oxygen atoms in total. The second-order valence-corrected chi connectivity index (χ2v) is 6.88. The molecule has 0 saturated heterocycles. The van der Waals surface area contributed by atoms with Gasteiger partial charge in [-0.3, -0.25) is 0 Å². The zero-order valence-corrected chi connectivity index (χ0v) is 16.7. The Morgan fingerprint density at radius 1 is 1.14 bits per heavy atom. The molecule has 2 heterocycles. The molecule has 3 aromatic rings.